The maximum Gasteiger partial charge on any atom is 0.331 e. The van der Waals surface area contributed by atoms with Crippen LogP contribution in [0.3, 0.4) is 0 Å². The van der Waals surface area contributed by atoms with Crippen LogP contribution in [-0.4, -0.2) is 137 Å². The van der Waals surface area contributed by atoms with Crippen molar-refractivity contribution in [2.75, 3.05) is 13.7 Å². The first kappa shape index (κ1) is 41.5. The number of cyclic esters (lactones) is 1. The Balaban J connectivity index is 0.832. The first-order chi connectivity index (χ1) is 26.5. The van der Waals surface area contributed by atoms with E-state index >= 15 is 0 Å². The van der Waals surface area contributed by atoms with Gasteiger partial charge in [0.05, 0.1) is 54.4 Å². The van der Waals surface area contributed by atoms with E-state index in [1.807, 2.05) is 20.8 Å². The predicted molar refractivity (Wildman–Crippen MR) is 197 cm³/mol. The summed E-state index contributed by atoms with van der Waals surface area (Å²) in [5, 5.41) is 57.3. The van der Waals surface area contributed by atoms with Gasteiger partial charge in [0.25, 0.3) is 0 Å². The van der Waals surface area contributed by atoms with E-state index in [4.69, 9.17) is 37.9 Å². The first-order valence-electron chi connectivity index (χ1n) is 21.3. The Hall–Kier alpha value is -1.27. The van der Waals surface area contributed by atoms with E-state index in [9.17, 15) is 30.3 Å². The smallest absolute Gasteiger partial charge is 0.331 e. The molecule has 0 aromatic heterocycles. The van der Waals surface area contributed by atoms with Crippen molar-refractivity contribution in [2.24, 2.45) is 34.5 Å². The number of esters is 1. The highest BCUT2D eigenvalue weighted by atomic mass is 16.7. The molecule has 8 aliphatic rings. The van der Waals surface area contributed by atoms with Gasteiger partial charge in [-0.05, 0) is 107 Å². The molecule has 0 aromatic carbocycles. The van der Waals surface area contributed by atoms with Gasteiger partial charge in [0.1, 0.15) is 24.9 Å². The quantitative estimate of drug-likeness (QED) is 0.178. The van der Waals surface area contributed by atoms with Crippen molar-refractivity contribution >= 4 is 5.97 Å². The Bertz CT molecular complexity index is 1430. The highest BCUT2D eigenvalue weighted by molar-refractivity contribution is 5.85. The van der Waals surface area contributed by atoms with Crippen molar-refractivity contribution in [3.8, 4) is 0 Å². The van der Waals surface area contributed by atoms with Gasteiger partial charge in [0.2, 0.25) is 0 Å². The van der Waals surface area contributed by atoms with Crippen molar-refractivity contribution in [3.63, 3.8) is 0 Å². The van der Waals surface area contributed by atoms with E-state index in [0.717, 1.165) is 44.1 Å². The summed E-state index contributed by atoms with van der Waals surface area (Å²) in [6.07, 6.45) is -0.0154. The monoisotopic (exact) mass is 794 g/mol. The molecule has 0 amide bonds. The lowest BCUT2D eigenvalue weighted by Gasteiger charge is -2.65. The highest BCUT2D eigenvalue weighted by Crippen LogP contribution is 2.70. The third-order valence-corrected chi connectivity index (χ3v) is 16.2. The standard InChI is InChI=1S/C42H66O14/c1-20-37(49-6)29(43)16-35(51-20)55-39-22(3)53-36(18-31(39)45)56-38-21(2)52-34(17-30(38)44)54-25-9-11-40(4)24(14-25)7-8-27-28(40)15-32(46)41(5)26(10-12-42(27,41)48)23-13-33(47)50-19-23/h13,20-22,24-32,34-39,43-46,48H,7-12,14-19H2,1-6H3/t20?,21?,22?,24?,25?,26?,27?,28-,29?,30?,31?,32?,34?,35?,36?,37?,38?,39?,40?,41?,42?/m0/s1. The molecule has 20 unspecified atom stereocenters. The minimum atomic E-state index is -1.01. The molecule has 21 atom stereocenters. The predicted octanol–water partition coefficient (Wildman–Crippen LogP) is 2.87. The Morgan fingerprint density at radius 2 is 1.27 bits per heavy atom. The van der Waals surface area contributed by atoms with E-state index in [2.05, 4.69) is 6.92 Å². The Labute approximate surface area is 330 Å². The number of carbonyl (C=O) groups excluding carboxylic acids is 1. The van der Waals surface area contributed by atoms with Gasteiger partial charge in [-0.1, -0.05) is 13.8 Å². The van der Waals surface area contributed by atoms with Crippen LogP contribution in [0.15, 0.2) is 11.6 Å². The molecule has 4 aliphatic carbocycles. The minimum absolute atomic E-state index is 0.0386. The second-order valence-electron chi connectivity index (χ2n) is 19.0. The molecular formula is C42H66O14. The van der Waals surface area contributed by atoms with Crippen molar-refractivity contribution in [1.82, 2.24) is 0 Å². The molecule has 318 valence electrons. The van der Waals surface area contributed by atoms with E-state index in [0.29, 0.717) is 18.8 Å². The van der Waals surface area contributed by atoms with Crippen molar-refractivity contribution in [2.45, 2.75) is 197 Å². The molecule has 4 saturated carbocycles. The van der Waals surface area contributed by atoms with Gasteiger partial charge in [0, 0.05) is 37.9 Å². The van der Waals surface area contributed by atoms with Crippen molar-refractivity contribution in [1.29, 1.82) is 0 Å². The normalized spacial score (nSPS) is 54.8. The van der Waals surface area contributed by atoms with Crippen LogP contribution in [0, 0.1) is 34.5 Å². The minimum Gasteiger partial charge on any atom is -0.458 e. The SMILES string of the molecule is COC1C(O)CC(OC2C(O)CC(OC3C(O)CC(OC4CCC5(C)C(CCC6[C@@H]5CC(O)C5(C)C(C7=CC(=O)OC7)CCC65O)C4)OC3C)OC2C)OC1C. The molecule has 4 heterocycles. The summed E-state index contributed by atoms with van der Waals surface area (Å²) >= 11 is 0. The van der Waals surface area contributed by atoms with Crippen molar-refractivity contribution in [3.05, 3.63) is 11.6 Å². The number of fused-ring (bicyclic) bond motifs is 5. The molecular weight excluding hydrogens is 728 g/mol. The van der Waals surface area contributed by atoms with E-state index in [1.54, 1.807) is 13.0 Å². The zero-order valence-corrected chi connectivity index (χ0v) is 33.9. The average molecular weight is 795 g/mol. The molecule has 4 aliphatic heterocycles. The molecule has 0 aromatic rings. The van der Waals surface area contributed by atoms with Gasteiger partial charge in [-0.25, -0.2) is 4.79 Å². The van der Waals surface area contributed by atoms with E-state index < -0.39 is 84.8 Å². The molecule has 56 heavy (non-hydrogen) atoms. The van der Waals surface area contributed by atoms with Crippen LogP contribution in [0.1, 0.15) is 105 Å². The third-order valence-electron chi connectivity index (χ3n) is 16.2. The summed E-state index contributed by atoms with van der Waals surface area (Å²) in [6, 6.07) is 0. The van der Waals surface area contributed by atoms with Gasteiger partial charge in [0.15, 0.2) is 18.9 Å². The number of methoxy groups -OCH3 is 1. The Kier molecular flexibility index (Phi) is 11.6. The summed E-state index contributed by atoms with van der Waals surface area (Å²) < 4.78 is 47.8. The molecule has 0 spiro atoms. The van der Waals surface area contributed by atoms with Crippen LogP contribution in [0.2, 0.25) is 0 Å². The fraction of sp³-hybridized carbons (Fsp3) is 0.929. The van der Waals surface area contributed by atoms with Gasteiger partial charge in [-0.2, -0.15) is 0 Å². The molecule has 14 nitrogen and oxygen atoms in total. The molecule has 14 heteroatoms. The van der Waals surface area contributed by atoms with Gasteiger partial charge in [-0.3, -0.25) is 0 Å². The maximum absolute atomic E-state index is 12.6. The molecule has 0 radical (unpaired) electrons. The van der Waals surface area contributed by atoms with Gasteiger partial charge >= 0.3 is 5.97 Å². The third kappa shape index (κ3) is 7.02. The summed E-state index contributed by atoms with van der Waals surface area (Å²) in [4.78, 5) is 12.0. The van der Waals surface area contributed by atoms with Crippen LogP contribution in [0.4, 0.5) is 0 Å². The van der Waals surface area contributed by atoms with Crippen LogP contribution >= 0.6 is 0 Å². The van der Waals surface area contributed by atoms with E-state index in [1.165, 1.54) is 7.11 Å². The summed E-state index contributed by atoms with van der Waals surface area (Å²) in [7, 11) is 1.53. The molecule has 7 fully saturated rings. The lowest BCUT2D eigenvalue weighted by molar-refractivity contribution is -0.336. The van der Waals surface area contributed by atoms with E-state index in [-0.39, 0.29) is 67.2 Å². The second-order valence-corrected chi connectivity index (χ2v) is 19.0. The fourth-order valence-electron chi connectivity index (χ4n) is 13.1. The zero-order valence-electron chi connectivity index (χ0n) is 33.9. The lowest BCUT2D eigenvalue weighted by Crippen LogP contribution is -2.67. The molecule has 0 bridgehead atoms. The lowest BCUT2D eigenvalue weighted by atomic mass is 9.42. The number of aliphatic hydroxyl groups excluding tert-OH is 4. The van der Waals surface area contributed by atoms with Crippen LogP contribution < -0.4 is 0 Å². The fourth-order valence-corrected chi connectivity index (χ4v) is 13.1. The number of hydrogen-bond donors (Lipinski definition) is 5. The molecule has 8 rings (SSSR count). The zero-order chi connectivity index (χ0) is 39.9. The first-order valence-corrected chi connectivity index (χ1v) is 21.3. The van der Waals surface area contributed by atoms with Gasteiger partial charge in [-0.15, -0.1) is 0 Å². The topological polar surface area (TPSA) is 192 Å². The number of rotatable bonds is 8. The van der Waals surface area contributed by atoms with Crippen molar-refractivity contribution < 1.29 is 68.2 Å². The summed E-state index contributed by atoms with van der Waals surface area (Å²) in [5.74, 6) is 0.223. The number of aliphatic hydroxyl groups is 5. The Morgan fingerprint density at radius 3 is 1.80 bits per heavy atom. The number of ether oxygens (including phenoxy) is 8. The molecule has 3 saturated heterocycles. The van der Waals surface area contributed by atoms with Crippen LogP contribution in [0.25, 0.3) is 0 Å². The van der Waals surface area contributed by atoms with Crippen LogP contribution in [0.5, 0.6) is 0 Å². The number of hydrogen-bond acceptors (Lipinski definition) is 14. The number of carbonyl (C=O) groups is 1. The Morgan fingerprint density at radius 1 is 0.696 bits per heavy atom. The summed E-state index contributed by atoms with van der Waals surface area (Å²) in [5.41, 5.74) is -0.877. The van der Waals surface area contributed by atoms with Crippen LogP contribution in [-0.2, 0) is 42.7 Å². The highest BCUT2D eigenvalue weighted by Gasteiger charge is 2.71. The summed E-state index contributed by atoms with van der Waals surface area (Å²) in [6.45, 7) is 10.1. The second kappa shape index (κ2) is 15.6. The van der Waals surface area contributed by atoms with Gasteiger partial charge < -0.3 is 63.4 Å². The maximum atomic E-state index is 12.6. The molecule has 5 N–H and O–H groups in total. The average Bonchev–Trinajstić information content (AvgIpc) is 3.68. The largest absolute Gasteiger partial charge is 0.458 e.